The van der Waals surface area contributed by atoms with E-state index in [2.05, 4.69) is 5.32 Å². The van der Waals surface area contributed by atoms with E-state index >= 15 is 0 Å². The molecule has 2 amide bonds. The highest BCUT2D eigenvalue weighted by Crippen LogP contribution is 2.34. The average Bonchev–Trinajstić information content (AvgIpc) is 3.22. The number of carbonyl (C=O) groups is 3. The molecule has 11 heteroatoms. The molecule has 0 saturated carbocycles. The van der Waals surface area contributed by atoms with Crippen molar-refractivity contribution in [3.05, 3.63) is 35.0 Å². The molecule has 1 aromatic carbocycles. The molecule has 29 heavy (non-hydrogen) atoms. The van der Waals surface area contributed by atoms with Gasteiger partial charge in [0.25, 0.3) is 5.91 Å². The smallest absolute Gasteiger partial charge is 0.466 e. The molecule has 2 heterocycles. The van der Waals surface area contributed by atoms with E-state index in [1.807, 2.05) is 0 Å². The van der Waals surface area contributed by atoms with Gasteiger partial charge in [-0.1, -0.05) is 0 Å². The maximum Gasteiger partial charge on any atom is 0.471 e. The maximum absolute atomic E-state index is 12.7. The van der Waals surface area contributed by atoms with Gasteiger partial charge in [-0.15, -0.1) is 0 Å². The quantitative estimate of drug-likeness (QED) is 0.694. The van der Waals surface area contributed by atoms with Gasteiger partial charge in [0, 0.05) is 24.5 Å². The Morgan fingerprint density at radius 1 is 1.31 bits per heavy atom. The number of rotatable bonds is 5. The molecule has 0 bridgehead atoms. The molecule has 2 aliphatic heterocycles. The number of halogens is 3. The largest absolute Gasteiger partial charge is 0.471 e. The Labute approximate surface area is 163 Å². The van der Waals surface area contributed by atoms with Gasteiger partial charge in [-0.25, -0.2) is 4.79 Å². The van der Waals surface area contributed by atoms with Crippen LogP contribution in [0.3, 0.4) is 0 Å². The lowest BCUT2D eigenvalue weighted by molar-refractivity contribution is -0.170. The second-order valence-corrected chi connectivity index (χ2v) is 6.47. The Morgan fingerprint density at radius 2 is 2.03 bits per heavy atom. The zero-order valence-electron chi connectivity index (χ0n) is 15.4. The van der Waals surface area contributed by atoms with Crippen molar-refractivity contribution >= 4 is 29.2 Å². The highest BCUT2D eigenvalue weighted by atomic mass is 19.4. The van der Waals surface area contributed by atoms with Crippen molar-refractivity contribution in [2.45, 2.75) is 12.6 Å². The molecule has 0 saturated heterocycles. The number of ether oxygens (including phenoxy) is 1. The van der Waals surface area contributed by atoms with Gasteiger partial charge < -0.3 is 25.0 Å². The van der Waals surface area contributed by atoms with Crippen molar-refractivity contribution in [1.82, 2.24) is 4.90 Å². The Kier molecular flexibility index (Phi) is 5.51. The van der Waals surface area contributed by atoms with E-state index in [1.54, 1.807) is 0 Å². The van der Waals surface area contributed by atoms with Crippen molar-refractivity contribution in [3.63, 3.8) is 0 Å². The van der Waals surface area contributed by atoms with Gasteiger partial charge in [-0.3, -0.25) is 9.59 Å². The topological polar surface area (TPSA) is 99.2 Å². The fourth-order valence-electron chi connectivity index (χ4n) is 3.34. The molecule has 0 fully saturated rings. The lowest BCUT2D eigenvalue weighted by Crippen LogP contribution is -2.40. The molecular weight excluding hydrogens is 395 g/mol. The second kappa shape index (κ2) is 7.74. The van der Waals surface area contributed by atoms with Crippen molar-refractivity contribution in [2.75, 3.05) is 43.6 Å². The van der Waals surface area contributed by atoms with Crippen molar-refractivity contribution < 1.29 is 37.4 Å². The monoisotopic (exact) mass is 413 g/mol. The number of fused-ring (bicyclic) bond motifs is 1. The summed E-state index contributed by atoms with van der Waals surface area (Å²) in [5.41, 5.74) is 1.10. The van der Waals surface area contributed by atoms with E-state index in [4.69, 9.17) is 9.84 Å². The summed E-state index contributed by atoms with van der Waals surface area (Å²) in [4.78, 5) is 38.0. The van der Waals surface area contributed by atoms with Crippen LogP contribution < -0.4 is 10.2 Å². The number of esters is 1. The molecule has 2 N–H and O–H groups in total. The third-order valence-corrected chi connectivity index (χ3v) is 4.69. The number of alkyl halides is 3. The first-order valence-electron chi connectivity index (χ1n) is 8.67. The number of carbonyl (C=O) groups excluding carboxylic acids is 3. The number of methoxy groups -OCH3 is 1. The van der Waals surface area contributed by atoms with Crippen LogP contribution in [0.5, 0.6) is 0 Å². The van der Waals surface area contributed by atoms with E-state index < -0.39 is 24.0 Å². The van der Waals surface area contributed by atoms with Crippen LogP contribution in [0.15, 0.2) is 29.5 Å². The molecule has 3 rings (SSSR count). The van der Waals surface area contributed by atoms with Gasteiger partial charge >= 0.3 is 18.1 Å². The Hall–Kier alpha value is -3.08. The number of aliphatic hydroxyl groups is 1. The summed E-state index contributed by atoms with van der Waals surface area (Å²) in [5.74, 6) is -3.14. The van der Waals surface area contributed by atoms with Gasteiger partial charge in [0.2, 0.25) is 0 Å². The highest BCUT2D eigenvalue weighted by Gasteiger charge is 2.44. The van der Waals surface area contributed by atoms with Crippen LogP contribution in [0.4, 0.5) is 24.5 Å². The van der Waals surface area contributed by atoms with Gasteiger partial charge in [0.15, 0.2) is 0 Å². The van der Waals surface area contributed by atoms with Gasteiger partial charge in [0.05, 0.1) is 25.8 Å². The van der Waals surface area contributed by atoms with Crippen LogP contribution in [0.1, 0.15) is 5.56 Å². The number of β-amino-alcohol motifs (C(OH)–C–C–N with tert-alkyl or cyclic N) is 1. The van der Waals surface area contributed by atoms with E-state index in [1.165, 1.54) is 30.2 Å². The van der Waals surface area contributed by atoms with E-state index in [-0.39, 0.29) is 49.6 Å². The summed E-state index contributed by atoms with van der Waals surface area (Å²) >= 11 is 0. The second-order valence-electron chi connectivity index (χ2n) is 6.47. The van der Waals surface area contributed by atoms with Crippen molar-refractivity contribution in [2.24, 2.45) is 0 Å². The molecule has 8 nitrogen and oxygen atoms in total. The van der Waals surface area contributed by atoms with E-state index in [0.29, 0.717) is 16.2 Å². The minimum Gasteiger partial charge on any atom is -0.466 e. The molecule has 0 unspecified atom stereocenters. The standard InChI is InChI=1S/C18H18F3N3O5/c1-29-16(27)12-9-23(6-7-25)15(26)14(12)22-11-2-3-13-10(8-11)4-5-24(13)17(28)18(19,20)21/h2-3,8,22,25H,4-7,9H2,1H3. The van der Waals surface area contributed by atoms with E-state index in [0.717, 1.165) is 0 Å². The fraction of sp³-hybridized carbons (Fsp3) is 0.389. The molecule has 2 aliphatic rings. The Morgan fingerprint density at radius 3 is 2.66 bits per heavy atom. The summed E-state index contributed by atoms with van der Waals surface area (Å²) < 4.78 is 42.9. The number of hydrogen-bond acceptors (Lipinski definition) is 6. The van der Waals surface area contributed by atoms with Crippen molar-refractivity contribution in [1.29, 1.82) is 0 Å². The molecular formula is C18H18F3N3O5. The van der Waals surface area contributed by atoms with Crippen LogP contribution in [0.2, 0.25) is 0 Å². The first kappa shape index (κ1) is 20.6. The molecule has 156 valence electrons. The molecule has 1 aromatic rings. The zero-order valence-corrected chi connectivity index (χ0v) is 15.4. The molecule has 0 spiro atoms. The first-order chi connectivity index (χ1) is 13.7. The van der Waals surface area contributed by atoms with Crippen LogP contribution in [0, 0.1) is 0 Å². The van der Waals surface area contributed by atoms with Gasteiger partial charge in [-0.2, -0.15) is 13.2 Å². The van der Waals surface area contributed by atoms with Gasteiger partial charge in [-0.05, 0) is 30.2 Å². The molecule has 0 radical (unpaired) electrons. The van der Waals surface area contributed by atoms with Gasteiger partial charge in [0.1, 0.15) is 5.70 Å². The molecule has 0 aromatic heterocycles. The number of nitrogens with zero attached hydrogens (tertiary/aromatic N) is 2. The minimum atomic E-state index is -4.97. The molecule has 0 aliphatic carbocycles. The third-order valence-electron chi connectivity index (χ3n) is 4.69. The summed E-state index contributed by atoms with van der Waals surface area (Å²) in [5, 5.41) is 11.9. The predicted molar refractivity (Wildman–Crippen MR) is 94.9 cm³/mol. The summed E-state index contributed by atoms with van der Waals surface area (Å²) in [6.45, 7) is -0.387. The summed E-state index contributed by atoms with van der Waals surface area (Å²) in [6.07, 6.45) is -4.74. The lowest BCUT2D eigenvalue weighted by Gasteiger charge is -2.19. The number of hydrogen-bond donors (Lipinski definition) is 2. The predicted octanol–water partition coefficient (Wildman–Crippen LogP) is 0.811. The Balaban J connectivity index is 1.86. The average molecular weight is 413 g/mol. The zero-order chi connectivity index (χ0) is 21.3. The Bertz CT molecular complexity index is 897. The SMILES string of the molecule is COC(=O)C1=C(Nc2ccc3c(c2)CCN3C(=O)C(F)(F)F)C(=O)N(CCO)C1. The summed E-state index contributed by atoms with van der Waals surface area (Å²) in [6, 6.07) is 4.31. The van der Waals surface area contributed by atoms with E-state index in [9.17, 15) is 27.6 Å². The number of aliphatic hydroxyl groups excluding tert-OH is 1. The number of benzene rings is 1. The number of nitrogens with one attached hydrogen (secondary N) is 1. The number of amides is 2. The maximum atomic E-state index is 12.7. The molecule has 0 atom stereocenters. The van der Waals surface area contributed by atoms with Crippen LogP contribution in [-0.2, 0) is 25.5 Å². The van der Waals surface area contributed by atoms with Crippen molar-refractivity contribution in [3.8, 4) is 0 Å². The number of anilines is 2. The van der Waals surface area contributed by atoms with Crippen LogP contribution >= 0.6 is 0 Å². The van der Waals surface area contributed by atoms with Crippen LogP contribution in [0.25, 0.3) is 0 Å². The summed E-state index contributed by atoms with van der Waals surface area (Å²) in [7, 11) is 1.17. The lowest BCUT2D eigenvalue weighted by atomic mass is 10.1. The minimum absolute atomic E-state index is 0.0218. The first-order valence-corrected chi connectivity index (χ1v) is 8.67. The third kappa shape index (κ3) is 3.90. The van der Waals surface area contributed by atoms with Crippen LogP contribution in [-0.4, -0.2) is 67.3 Å². The normalized spacial score (nSPS) is 16.4. The highest BCUT2D eigenvalue weighted by molar-refractivity contribution is 6.08. The fourth-order valence-corrected chi connectivity index (χ4v) is 3.34.